The van der Waals surface area contributed by atoms with Crippen LogP contribution in [-0.2, 0) is 0 Å². The number of rotatable bonds is 5. The van der Waals surface area contributed by atoms with Crippen LogP contribution in [-0.4, -0.2) is 20.4 Å². The highest BCUT2D eigenvalue weighted by Gasteiger charge is 2.22. The van der Waals surface area contributed by atoms with Crippen LogP contribution in [0.5, 0.6) is 0 Å². The number of carbonyl (C=O) groups excluding carboxylic acids is 1. The lowest BCUT2D eigenvalue weighted by Crippen LogP contribution is -2.33. The minimum absolute atomic E-state index is 0.0161. The second kappa shape index (κ2) is 9.87. The molecule has 8 heteroatoms. The maximum absolute atomic E-state index is 13.6. The number of para-hydroxylation sites is 1. The number of halogens is 1. The highest BCUT2D eigenvalue weighted by atomic mass is 35.5. The topological polar surface area (TPSA) is 103 Å². The number of amides is 1. The number of aromatic nitrogens is 3. The van der Waals surface area contributed by atoms with Crippen molar-refractivity contribution in [2.24, 2.45) is 0 Å². The maximum Gasteiger partial charge on any atom is 0.274 e. The number of fused-ring (bicyclic) bond motifs is 1. The van der Waals surface area contributed by atoms with Crippen molar-refractivity contribution >= 4 is 34.1 Å². The van der Waals surface area contributed by atoms with E-state index in [4.69, 9.17) is 17.3 Å². The lowest BCUT2D eigenvalue weighted by molar-refractivity contribution is 0.0934. The van der Waals surface area contributed by atoms with Gasteiger partial charge in [-0.1, -0.05) is 71.8 Å². The van der Waals surface area contributed by atoms with Crippen molar-refractivity contribution in [1.82, 2.24) is 19.9 Å². The normalized spacial score (nSPS) is 11.9. The van der Waals surface area contributed by atoms with E-state index >= 15 is 0 Å². The maximum atomic E-state index is 13.6. The zero-order valence-electron chi connectivity index (χ0n) is 20.3. The summed E-state index contributed by atoms with van der Waals surface area (Å²) in [6.45, 7) is 3.80. The van der Waals surface area contributed by atoms with Gasteiger partial charge in [-0.25, -0.2) is 9.97 Å². The summed E-state index contributed by atoms with van der Waals surface area (Å²) in [7, 11) is 0. The van der Waals surface area contributed by atoms with Gasteiger partial charge in [0.05, 0.1) is 28.3 Å². The van der Waals surface area contributed by atoms with E-state index in [2.05, 4.69) is 15.3 Å². The van der Waals surface area contributed by atoms with Crippen molar-refractivity contribution in [2.75, 3.05) is 5.73 Å². The van der Waals surface area contributed by atoms with Crippen molar-refractivity contribution in [3.05, 3.63) is 117 Å². The van der Waals surface area contributed by atoms with Gasteiger partial charge >= 0.3 is 0 Å². The molecule has 5 rings (SSSR count). The van der Waals surface area contributed by atoms with Crippen LogP contribution in [0.25, 0.3) is 27.7 Å². The molecule has 0 aliphatic rings. The summed E-state index contributed by atoms with van der Waals surface area (Å²) in [4.78, 5) is 35.7. The standard InChI is InChI=1S/C29H24ClN5O2/c1-17-11-13-19(14-12-17)23-16-32-27(31)26(34-23)28(36)33-18(2)24-15-20-7-6-10-22(30)25(20)29(37)35(24)21-8-4-3-5-9-21/h3-16,18H,1-2H3,(H2,31,32)(H,33,36)/t18-/m0/s1. The van der Waals surface area contributed by atoms with Gasteiger partial charge in [-0.15, -0.1) is 0 Å². The van der Waals surface area contributed by atoms with Crippen LogP contribution < -0.4 is 16.6 Å². The SMILES string of the molecule is Cc1ccc(-c2cnc(N)c(C(=O)N[C@@H](C)c3cc4cccc(Cl)c4c(=O)n3-c3ccccc3)n2)cc1. The van der Waals surface area contributed by atoms with Crippen LogP contribution in [0, 0.1) is 6.92 Å². The third-order valence-electron chi connectivity index (χ3n) is 6.19. The third-order valence-corrected chi connectivity index (χ3v) is 6.51. The fourth-order valence-corrected chi connectivity index (χ4v) is 4.53. The first-order valence-corrected chi connectivity index (χ1v) is 12.1. The summed E-state index contributed by atoms with van der Waals surface area (Å²) in [5.41, 5.74) is 9.50. The van der Waals surface area contributed by atoms with Crippen molar-refractivity contribution in [1.29, 1.82) is 0 Å². The first-order valence-electron chi connectivity index (χ1n) is 11.7. The van der Waals surface area contributed by atoms with Crippen molar-refractivity contribution < 1.29 is 4.79 Å². The summed E-state index contributed by atoms with van der Waals surface area (Å²) in [6, 6.07) is 23.6. The fourth-order valence-electron chi connectivity index (χ4n) is 4.27. The molecule has 184 valence electrons. The Morgan fingerprint density at radius 3 is 2.49 bits per heavy atom. The van der Waals surface area contributed by atoms with Crippen LogP contribution in [0.15, 0.2) is 89.9 Å². The average molecular weight is 510 g/mol. The molecule has 0 saturated carbocycles. The first-order chi connectivity index (χ1) is 17.8. The molecule has 2 aromatic heterocycles. The summed E-state index contributed by atoms with van der Waals surface area (Å²) < 4.78 is 1.57. The van der Waals surface area contributed by atoms with Gasteiger partial charge in [0.2, 0.25) is 0 Å². The summed E-state index contributed by atoms with van der Waals surface area (Å²) in [5, 5.41) is 4.41. The smallest absolute Gasteiger partial charge is 0.274 e. The molecular weight excluding hydrogens is 486 g/mol. The number of benzene rings is 3. The largest absolute Gasteiger partial charge is 0.382 e. The Bertz CT molecular complexity index is 1680. The van der Waals surface area contributed by atoms with Gasteiger partial charge in [-0.3, -0.25) is 14.2 Å². The predicted octanol–water partition coefficient (Wildman–Crippen LogP) is 5.48. The van der Waals surface area contributed by atoms with Gasteiger partial charge in [0, 0.05) is 16.9 Å². The predicted molar refractivity (Wildman–Crippen MR) is 147 cm³/mol. The summed E-state index contributed by atoms with van der Waals surface area (Å²) in [6.07, 6.45) is 1.54. The number of nitrogens with zero attached hydrogens (tertiary/aromatic N) is 3. The molecule has 37 heavy (non-hydrogen) atoms. The molecule has 3 aromatic carbocycles. The molecule has 1 atom stereocenters. The summed E-state index contributed by atoms with van der Waals surface area (Å²) >= 11 is 6.40. The van der Waals surface area contributed by atoms with Crippen molar-refractivity contribution in [3.63, 3.8) is 0 Å². The Kier molecular flexibility index (Phi) is 6.46. The molecule has 0 aliphatic heterocycles. The van der Waals surface area contributed by atoms with Crippen LogP contribution in [0.4, 0.5) is 5.82 Å². The lowest BCUT2D eigenvalue weighted by Gasteiger charge is -2.21. The highest BCUT2D eigenvalue weighted by Crippen LogP contribution is 2.26. The molecular formula is C29H24ClN5O2. The van der Waals surface area contributed by atoms with Gasteiger partial charge in [0.15, 0.2) is 11.5 Å². The number of hydrogen-bond donors (Lipinski definition) is 2. The monoisotopic (exact) mass is 509 g/mol. The van der Waals surface area contributed by atoms with E-state index in [-0.39, 0.29) is 17.1 Å². The van der Waals surface area contributed by atoms with E-state index in [0.29, 0.717) is 32.9 Å². The molecule has 0 spiro atoms. The van der Waals surface area contributed by atoms with Gasteiger partial charge in [0.25, 0.3) is 11.5 Å². The molecule has 0 aliphatic carbocycles. The van der Waals surface area contributed by atoms with E-state index < -0.39 is 11.9 Å². The Balaban J connectivity index is 1.56. The molecule has 3 N–H and O–H groups in total. The molecule has 0 radical (unpaired) electrons. The van der Waals surface area contributed by atoms with Gasteiger partial charge < -0.3 is 11.1 Å². The number of anilines is 1. The quantitative estimate of drug-likeness (QED) is 0.326. The minimum atomic E-state index is -0.576. The van der Waals surface area contributed by atoms with Gasteiger partial charge in [-0.05, 0) is 43.5 Å². The number of hydrogen-bond acceptors (Lipinski definition) is 5. The third kappa shape index (κ3) is 4.69. The van der Waals surface area contributed by atoms with E-state index in [0.717, 1.165) is 11.1 Å². The van der Waals surface area contributed by atoms with Crippen molar-refractivity contribution in [3.8, 4) is 16.9 Å². The second-order valence-corrected chi connectivity index (χ2v) is 9.21. The van der Waals surface area contributed by atoms with E-state index in [1.165, 1.54) is 0 Å². The number of carbonyl (C=O) groups is 1. The van der Waals surface area contributed by atoms with Gasteiger partial charge in [0.1, 0.15) is 0 Å². The minimum Gasteiger partial charge on any atom is -0.382 e. The van der Waals surface area contributed by atoms with E-state index in [9.17, 15) is 9.59 Å². The molecule has 0 unspecified atom stereocenters. The molecule has 1 amide bonds. The number of nitrogen functional groups attached to an aromatic ring is 1. The van der Waals surface area contributed by atoms with Crippen molar-refractivity contribution in [2.45, 2.75) is 19.9 Å². The molecule has 0 saturated heterocycles. The Morgan fingerprint density at radius 1 is 1.03 bits per heavy atom. The Labute approximate surface area is 218 Å². The van der Waals surface area contributed by atoms with E-state index in [1.54, 1.807) is 29.8 Å². The second-order valence-electron chi connectivity index (χ2n) is 8.80. The van der Waals surface area contributed by atoms with Crippen LogP contribution >= 0.6 is 11.6 Å². The average Bonchev–Trinajstić information content (AvgIpc) is 2.89. The lowest BCUT2D eigenvalue weighted by atomic mass is 10.1. The molecule has 7 nitrogen and oxygen atoms in total. The highest BCUT2D eigenvalue weighted by molar-refractivity contribution is 6.35. The number of nitrogens with one attached hydrogen (secondary N) is 1. The number of aryl methyl sites for hydroxylation is 1. The van der Waals surface area contributed by atoms with Gasteiger partial charge in [-0.2, -0.15) is 0 Å². The number of pyridine rings is 1. The Morgan fingerprint density at radius 2 is 1.76 bits per heavy atom. The van der Waals surface area contributed by atoms with Crippen LogP contribution in [0.1, 0.15) is 34.7 Å². The Hall–Kier alpha value is -4.49. The zero-order chi connectivity index (χ0) is 26.1. The first kappa shape index (κ1) is 24.2. The molecule has 0 bridgehead atoms. The number of nitrogens with two attached hydrogens (primary N) is 1. The fraction of sp³-hybridized carbons (Fsp3) is 0.103. The van der Waals surface area contributed by atoms with Crippen LogP contribution in [0.2, 0.25) is 5.02 Å². The molecule has 2 heterocycles. The molecule has 5 aromatic rings. The summed E-state index contributed by atoms with van der Waals surface area (Å²) in [5.74, 6) is -0.476. The van der Waals surface area contributed by atoms with Crippen LogP contribution in [0.3, 0.4) is 0 Å². The zero-order valence-corrected chi connectivity index (χ0v) is 21.0. The van der Waals surface area contributed by atoms with E-state index in [1.807, 2.05) is 73.7 Å². The molecule has 0 fully saturated rings.